The van der Waals surface area contributed by atoms with Crippen LogP contribution in [0.4, 0.5) is 0 Å². The molecule has 3 rings (SSSR count). The average Bonchev–Trinajstić information content (AvgIpc) is 2.87. The standard InChI is InChI=1S/C15H17ClN4O/c1-2-19-8-7-13-12(9-19)14(15(17)21)18-20(13)11-5-3-10(16)4-6-11/h3-6H,2,7-9H2,1H3,(H2,17,21). The summed E-state index contributed by atoms with van der Waals surface area (Å²) in [6, 6.07) is 7.42. The summed E-state index contributed by atoms with van der Waals surface area (Å²) in [5.41, 5.74) is 8.77. The van der Waals surface area contributed by atoms with Crippen LogP contribution >= 0.6 is 11.6 Å². The highest BCUT2D eigenvalue weighted by Crippen LogP contribution is 2.25. The van der Waals surface area contributed by atoms with Gasteiger partial charge < -0.3 is 5.73 Å². The maximum Gasteiger partial charge on any atom is 0.269 e. The molecule has 0 fully saturated rings. The Morgan fingerprint density at radius 2 is 2.10 bits per heavy atom. The Bertz CT molecular complexity index is 678. The van der Waals surface area contributed by atoms with E-state index in [-0.39, 0.29) is 0 Å². The second-order valence-corrected chi connectivity index (χ2v) is 5.58. The predicted octanol–water partition coefficient (Wildman–Crippen LogP) is 2.00. The second-order valence-electron chi connectivity index (χ2n) is 5.15. The zero-order chi connectivity index (χ0) is 15.0. The van der Waals surface area contributed by atoms with Crippen LogP contribution in [0.5, 0.6) is 0 Å². The van der Waals surface area contributed by atoms with Gasteiger partial charge in [0.05, 0.1) is 11.4 Å². The molecule has 5 nitrogen and oxygen atoms in total. The maximum atomic E-state index is 11.7. The highest BCUT2D eigenvalue weighted by atomic mass is 35.5. The molecule has 1 aliphatic rings. The number of primary amides is 1. The van der Waals surface area contributed by atoms with Gasteiger partial charge in [-0.25, -0.2) is 4.68 Å². The topological polar surface area (TPSA) is 64.2 Å². The number of benzene rings is 1. The fraction of sp³-hybridized carbons (Fsp3) is 0.333. The molecule has 0 saturated heterocycles. The van der Waals surface area contributed by atoms with Crippen molar-refractivity contribution in [2.24, 2.45) is 5.73 Å². The van der Waals surface area contributed by atoms with Gasteiger partial charge in [-0.15, -0.1) is 0 Å². The predicted molar refractivity (Wildman–Crippen MR) is 81.7 cm³/mol. The van der Waals surface area contributed by atoms with Gasteiger partial charge in [0.25, 0.3) is 5.91 Å². The lowest BCUT2D eigenvalue weighted by molar-refractivity contribution is 0.0993. The normalized spacial score (nSPS) is 15.0. The van der Waals surface area contributed by atoms with Crippen LogP contribution in [0, 0.1) is 0 Å². The van der Waals surface area contributed by atoms with E-state index < -0.39 is 5.91 Å². The summed E-state index contributed by atoms with van der Waals surface area (Å²) in [5.74, 6) is -0.475. The molecule has 2 N–H and O–H groups in total. The van der Waals surface area contributed by atoms with Crippen molar-refractivity contribution >= 4 is 17.5 Å². The van der Waals surface area contributed by atoms with E-state index in [9.17, 15) is 4.79 Å². The molecule has 1 aromatic heterocycles. The van der Waals surface area contributed by atoms with Crippen molar-refractivity contribution in [3.8, 4) is 5.69 Å². The lowest BCUT2D eigenvalue weighted by Crippen LogP contribution is -2.31. The number of amides is 1. The zero-order valence-electron chi connectivity index (χ0n) is 11.8. The van der Waals surface area contributed by atoms with E-state index >= 15 is 0 Å². The van der Waals surface area contributed by atoms with Gasteiger partial charge in [-0.1, -0.05) is 18.5 Å². The largest absolute Gasteiger partial charge is 0.364 e. The summed E-state index contributed by atoms with van der Waals surface area (Å²) in [7, 11) is 0. The Morgan fingerprint density at radius 3 is 2.71 bits per heavy atom. The van der Waals surface area contributed by atoms with Gasteiger partial charge in [0, 0.05) is 30.1 Å². The first-order chi connectivity index (χ1) is 10.1. The molecule has 1 aromatic carbocycles. The first-order valence-corrected chi connectivity index (χ1v) is 7.36. The maximum absolute atomic E-state index is 11.7. The molecule has 2 aromatic rings. The highest BCUT2D eigenvalue weighted by Gasteiger charge is 2.26. The summed E-state index contributed by atoms with van der Waals surface area (Å²) in [4.78, 5) is 14.0. The monoisotopic (exact) mass is 304 g/mol. The molecule has 0 radical (unpaired) electrons. The smallest absolute Gasteiger partial charge is 0.269 e. The second kappa shape index (κ2) is 5.50. The molecule has 2 heterocycles. The van der Waals surface area contributed by atoms with Crippen LogP contribution in [0.25, 0.3) is 5.69 Å². The number of likely N-dealkylation sites (N-methyl/N-ethyl adjacent to an activating group) is 1. The van der Waals surface area contributed by atoms with Crippen molar-refractivity contribution in [1.82, 2.24) is 14.7 Å². The Hall–Kier alpha value is -1.85. The number of carbonyl (C=O) groups is 1. The van der Waals surface area contributed by atoms with E-state index in [1.54, 1.807) is 0 Å². The van der Waals surface area contributed by atoms with Crippen molar-refractivity contribution in [2.75, 3.05) is 13.1 Å². The van der Waals surface area contributed by atoms with Crippen molar-refractivity contribution in [3.63, 3.8) is 0 Å². The Labute approximate surface area is 128 Å². The summed E-state index contributed by atoms with van der Waals surface area (Å²) < 4.78 is 1.82. The summed E-state index contributed by atoms with van der Waals surface area (Å²) in [6.45, 7) is 4.74. The first-order valence-electron chi connectivity index (χ1n) is 6.99. The van der Waals surface area contributed by atoms with Gasteiger partial charge in [0.2, 0.25) is 0 Å². The molecule has 0 saturated carbocycles. The lowest BCUT2D eigenvalue weighted by atomic mass is 10.0. The van der Waals surface area contributed by atoms with Crippen LogP contribution in [0.15, 0.2) is 24.3 Å². The third-order valence-corrected chi connectivity index (χ3v) is 4.14. The van der Waals surface area contributed by atoms with Crippen LogP contribution in [0.2, 0.25) is 5.02 Å². The fourth-order valence-corrected chi connectivity index (χ4v) is 2.86. The SMILES string of the molecule is CCN1CCc2c(c(C(N)=O)nn2-c2ccc(Cl)cc2)C1. The lowest BCUT2D eigenvalue weighted by Gasteiger charge is -2.26. The molecule has 21 heavy (non-hydrogen) atoms. The summed E-state index contributed by atoms with van der Waals surface area (Å²) in [6.07, 6.45) is 0.853. The Balaban J connectivity index is 2.10. The van der Waals surface area contributed by atoms with Gasteiger partial charge in [-0.05, 0) is 30.8 Å². The van der Waals surface area contributed by atoms with Crippen molar-refractivity contribution in [1.29, 1.82) is 0 Å². The van der Waals surface area contributed by atoms with Crippen LogP contribution in [0.1, 0.15) is 28.7 Å². The molecule has 110 valence electrons. The minimum atomic E-state index is -0.475. The third-order valence-electron chi connectivity index (χ3n) is 3.89. The third kappa shape index (κ3) is 2.54. The van der Waals surface area contributed by atoms with Gasteiger partial charge in [0.1, 0.15) is 0 Å². The quantitative estimate of drug-likeness (QED) is 0.943. The van der Waals surface area contributed by atoms with Gasteiger partial charge in [0.15, 0.2) is 5.69 Å². The molecule has 0 bridgehead atoms. The highest BCUT2D eigenvalue weighted by molar-refractivity contribution is 6.30. The van der Waals surface area contributed by atoms with Gasteiger partial charge in [-0.2, -0.15) is 5.10 Å². The van der Waals surface area contributed by atoms with E-state index in [2.05, 4.69) is 16.9 Å². The number of nitrogens with zero attached hydrogens (tertiary/aromatic N) is 3. The number of halogens is 1. The molecule has 0 unspecified atom stereocenters. The average molecular weight is 305 g/mol. The van der Waals surface area contributed by atoms with Crippen molar-refractivity contribution in [3.05, 3.63) is 46.2 Å². The molecule has 1 amide bonds. The first kappa shape index (κ1) is 14.1. The van der Waals surface area contributed by atoms with Crippen LogP contribution in [-0.2, 0) is 13.0 Å². The number of hydrogen-bond donors (Lipinski definition) is 1. The van der Waals surface area contributed by atoms with Crippen LogP contribution < -0.4 is 5.73 Å². The molecule has 6 heteroatoms. The van der Waals surface area contributed by atoms with Crippen LogP contribution in [-0.4, -0.2) is 33.7 Å². The number of carbonyl (C=O) groups excluding carboxylic acids is 1. The van der Waals surface area contributed by atoms with E-state index in [4.69, 9.17) is 17.3 Å². The summed E-state index contributed by atoms with van der Waals surface area (Å²) >= 11 is 5.93. The number of rotatable bonds is 3. The Kier molecular flexibility index (Phi) is 3.69. The molecule has 0 atom stereocenters. The minimum Gasteiger partial charge on any atom is -0.364 e. The van der Waals surface area contributed by atoms with Crippen molar-refractivity contribution < 1.29 is 4.79 Å². The number of hydrogen-bond acceptors (Lipinski definition) is 3. The summed E-state index contributed by atoms with van der Waals surface area (Å²) in [5, 5.41) is 5.11. The van der Waals surface area contributed by atoms with E-state index in [1.165, 1.54) is 0 Å². The van der Waals surface area contributed by atoms with Gasteiger partial charge >= 0.3 is 0 Å². The molecular weight excluding hydrogens is 288 g/mol. The van der Waals surface area contributed by atoms with Crippen molar-refractivity contribution in [2.45, 2.75) is 19.9 Å². The molecular formula is C15H17ClN4O. The molecule has 0 spiro atoms. The Morgan fingerprint density at radius 1 is 1.38 bits per heavy atom. The molecule has 1 aliphatic heterocycles. The van der Waals surface area contributed by atoms with E-state index in [0.29, 0.717) is 10.7 Å². The number of nitrogens with two attached hydrogens (primary N) is 1. The van der Waals surface area contributed by atoms with Gasteiger partial charge in [-0.3, -0.25) is 9.69 Å². The van der Waals surface area contributed by atoms with E-state index in [0.717, 1.165) is 43.0 Å². The fourth-order valence-electron chi connectivity index (χ4n) is 2.74. The molecule has 0 aliphatic carbocycles. The number of fused-ring (bicyclic) bond motifs is 1. The van der Waals surface area contributed by atoms with Crippen LogP contribution in [0.3, 0.4) is 0 Å². The van der Waals surface area contributed by atoms with E-state index in [1.807, 2.05) is 28.9 Å². The number of aromatic nitrogens is 2. The minimum absolute atomic E-state index is 0.373. The zero-order valence-corrected chi connectivity index (χ0v) is 12.6.